The topological polar surface area (TPSA) is 121 Å². The predicted octanol–water partition coefficient (Wildman–Crippen LogP) is -0.600. The molecule has 0 bridgehead atoms. The summed E-state index contributed by atoms with van der Waals surface area (Å²) in [5.41, 5.74) is 0.603. The number of aliphatic hydroxyl groups is 1. The standard InChI is InChI=1S/C11H13N5O4S2/c1-2-15-11(12-13-14-15)22-4-5-3-21-9-7(17)8(18)16(9)6(5)10(19)20/h7,9,17H,2-4H2,1H3,(H,19,20)/t7-,9-/m1/s1. The smallest absolute Gasteiger partial charge is 0.352 e. The molecule has 2 N–H and O–H groups in total. The molecule has 0 spiro atoms. The lowest BCUT2D eigenvalue weighted by atomic mass is 10.1. The van der Waals surface area contributed by atoms with E-state index in [-0.39, 0.29) is 5.70 Å². The molecule has 2 aliphatic heterocycles. The number of amides is 1. The molecule has 1 aromatic rings. The average molecular weight is 343 g/mol. The first-order valence-corrected chi connectivity index (χ1v) is 8.55. The van der Waals surface area contributed by atoms with Crippen LogP contribution in [-0.2, 0) is 16.1 Å². The molecule has 22 heavy (non-hydrogen) atoms. The van der Waals surface area contributed by atoms with E-state index in [1.54, 1.807) is 4.68 Å². The van der Waals surface area contributed by atoms with Gasteiger partial charge < -0.3 is 10.2 Å². The molecule has 3 rings (SSSR count). The first-order chi connectivity index (χ1) is 10.5. The summed E-state index contributed by atoms with van der Waals surface area (Å²) in [5, 5.41) is 30.4. The summed E-state index contributed by atoms with van der Waals surface area (Å²) >= 11 is 2.69. The summed E-state index contributed by atoms with van der Waals surface area (Å²) in [6, 6.07) is 0. The third kappa shape index (κ3) is 2.38. The van der Waals surface area contributed by atoms with E-state index in [2.05, 4.69) is 15.5 Å². The second-order valence-electron chi connectivity index (χ2n) is 4.68. The number of thioether (sulfide) groups is 2. The van der Waals surface area contributed by atoms with E-state index in [4.69, 9.17) is 0 Å². The van der Waals surface area contributed by atoms with Gasteiger partial charge >= 0.3 is 5.97 Å². The van der Waals surface area contributed by atoms with Crippen LogP contribution in [0.1, 0.15) is 6.92 Å². The quantitative estimate of drug-likeness (QED) is 0.533. The van der Waals surface area contributed by atoms with Crippen molar-refractivity contribution in [2.24, 2.45) is 0 Å². The highest BCUT2D eigenvalue weighted by molar-refractivity contribution is 8.01. The van der Waals surface area contributed by atoms with E-state index < -0.39 is 23.4 Å². The van der Waals surface area contributed by atoms with Gasteiger partial charge in [0.2, 0.25) is 5.16 Å². The molecular formula is C11H13N5O4S2. The van der Waals surface area contributed by atoms with Gasteiger partial charge in [0.25, 0.3) is 5.91 Å². The Labute approximate surface area is 133 Å². The van der Waals surface area contributed by atoms with Crippen LogP contribution in [0.25, 0.3) is 0 Å². The number of carboxylic acids is 1. The number of carbonyl (C=O) groups excluding carboxylic acids is 1. The van der Waals surface area contributed by atoms with Gasteiger partial charge in [-0.05, 0) is 22.9 Å². The number of carboxylic acid groups (broad SMARTS) is 1. The highest BCUT2D eigenvalue weighted by Gasteiger charge is 2.52. The first kappa shape index (κ1) is 15.3. The Morgan fingerprint density at radius 3 is 3.00 bits per heavy atom. The van der Waals surface area contributed by atoms with Crippen LogP contribution in [0.5, 0.6) is 0 Å². The Hall–Kier alpha value is -1.59. The fourth-order valence-corrected chi connectivity index (χ4v) is 4.64. The molecule has 0 saturated carbocycles. The maximum atomic E-state index is 11.7. The van der Waals surface area contributed by atoms with Crippen molar-refractivity contribution in [1.82, 2.24) is 25.1 Å². The van der Waals surface area contributed by atoms with E-state index in [0.29, 0.717) is 28.8 Å². The van der Waals surface area contributed by atoms with Gasteiger partial charge in [0, 0.05) is 18.1 Å². The molecule has 0 aliphatic carbocycles. The van der Waals surface area contributed by atoms with Gasteiger partial charge in [-0.2, -0.15) is 0 Å². The third-order valence-corrected chi connectivity index (χ3v) is 5.76. The number of carbonyl (C=O) groups is 2. The van der Waals surface area contributed by atoms with Crippen LogP contribution in [0.15, 0.2) is 16.4 Å². The number of tetrazole rings is 1. The lowest BCUT2D eigenvalue weighted by Gasteiger charge is -2.47. The van der Waals surface area contributed by atoms with Crippen molar-refractivity contribution in [2.75, 3.05) is 11.5 Å². The minimum Gasteiger partial charge on any atom is -0.477 e. The van der Waals surface area contributed by atoms with Crippen molar-refractivity contribution >= 4 is 35.4 Å². The van der Waals surface area contributed by atoms with Gasteiger partial charge in [-0.1, -0.05) is 11.8 Å². The van der Waals surface area contributed by atoms with Gasteiger partial charge in [0.1, 0.15) is 11.1 Å². The second-order valence-corrected chi connectivity index (χ2v) is 6.73. The van der Waals surface area contributed by atoms with Gasteiger partial charge in [-0.15, -0.1) is 16.9 Å². The van der Waals surface area contributed by atoms with Gasteiger partial charge in [0.15, 0.2) is 6.10 Å². The Kier molecular flexibility index (Phi) is 4.10. The fourth-order valence-electron chi connectivity index (χ4n) is 2.29. The van der Waals surface area contributed by atoms with Crippen LogP contribution in [0.4, 0.5) is 0 Å². The molecule has 1 saturated heterocycles. The molecule has 2 aliphatic rings. The summed E-state index contributed by atoms with van der Waals surface area (Å²) in [6.45, 7) is 2.53. The van der Waals surface area contributed by atoms with Crippen LogP contribution in [-0.4, -0.2) is 70.2 Å². The number of nitrogens with zero attached hydrogens (tertiary/aromatic N) is 5. The number of hydrogen-bond acceptors (Lipinski definition) is 8. The van der Waals surface area contributed by atoms with Crippen molar-refractivity contribution in [2.45, 2.75) is 30.1 Å². The number of aliphatic hydroxyl groups excluding tert-OH is 1. The molecule has 2 atom stereocenters. The van der Waals surface area contributed by atoms with Gasteiger partial charge in [-0.3, -0.25) is 9.69 Å². The van der Waals surface area contributed by atoms with Crippen molar-refractivity contribution in [3.05, 3.63) is 11.3 Å². The zero-order chi connectivity index (χ0) is 15.9. The minimum absolute atomic E-state index is 0.0259. The summed E-state index contributed by atoms with van der Waals surface area (Å²) < 4.78 is 1.61. The minimum atomic E-state index is -1.16. The maximum absolute atomic E-state index is 11.7. The van der Waals surface area contributed by atoms with Crippen LogP contribution in [0, 0.1) is 0 Å². The molecule has 3 heterocycles. The SMILES string of the molecule is CCn1nnnc1SCC1=C(C(=O)O)N2C(=O)[C@@H](O)[C@H]2SC1. The maximum Gasteiger partial charge on any atom is 0.352 e. The monoisotopic (exact) mass is 343 g/mol. The molecule has 0 radical (unpaired) electrons. The summed E-state index contributed by atoms with van der Waals surface area (Å²) in [6.07, 6.45) is -1.11. The average Bonchev–Trinajstić information content (AvgIpc) is 2.98. The van der Waals surface area contributed by atoms with E-state index in [9.17, 15) is 19.8 Å². The Balaban J connectivity index is 1.81. The zero-order valence-electron chi connectivity index (χ0n) is 11.5. The van der Waals surface area contributed by atoms with Crippen LogP contribution < -0.4 is 0 Å². The Morgan fingerprint density at radius 1 is 1.55 bits per heavy atom. The lowest BCUT2D eigenvalue weighted by Crippen LogP contribution is -2.64. The molecule has 1 amide bonds. The molecule has 0 aromatic carbocycles. The number of fused-ring (bicyclic) bond motifs is 1. The Morgan fingerprint density at radius 2 is 2.32 bits per heavy atom. The number of hydrogen-bond donors (Lipinski definition) is 2. The fraction of sp³-hybridized carbons (Fsp3) is 0.545. The molecule has 1 fully saturated rings. The summed E-state index contributed by atoms with van der Waals surface area (Å²) in [5.74, 6) is -0.887. The molecule has 9 nitrogen and oxygen atoms in total. The van der Waals surface area contributed by atoms with Crippen LogP contribution in [0.2, 0.25) is 0 Å². The summed E-state index contributed by atoms with van der Waals surface area (Å²) in [4.78, 5) is 24.4. The third-order valence-electron chi connectivity index (χ3n) is 3.40. The Bertz CT molecular complexity index is 661. The van der Waals surface area contributed by atoms with E-state index in [1.165, 1.54) is 28.4 Å². The first-order valence-electron chi connectivity index (χ1n) is 6.51. The van der Waals surface area contributed by atoms with Crippen molar-refractivity contribution in [3.8, 4) is 0 Å². The summed E-state index contributed by atoms with van der Waals surface area (Å²) in [7, 11) is 0. The van der Waals surface area contributed by atoms with Gasteiger partial charge in [-0.25, -0.2) is 9.48 Å². The number of aliphatic carboxylic acids is 1. The van der Waals surface area contributed by atoms with E-state index in [0.717, 1.165) is 0 Å². The zero-order valence-corrected chi connectivity index (χ0v) is 13.2. The molecular weight excluding hydrogens is 330 g/mol. The van der Waals surface area contributed by atoms with Crippen LogP contribution in [0.3, 0.4) is 0 Å². The van der Waals surface area contributed by atoms with Gasteiger partial charge in [0.05, 0.1) is 0 Å². The molecule has 1 aromatic heterocycles. The number of β-lactam (4-membered cyclic amide) rings is 1. The van der Waals surface area contributed by atoms with Crippen molar-refractivity contribution in [3.63, 3.8) is 0 Å². The van der Waals surface area contributed by atoms with Crippen LogP contribution >= 0.6 is 23.5 Å². The predicted molar refractivity (Wildman–Crippen MR) is 78.0 cm³/mol. The normalized spacial score (nSPS) is 24.3. The lowest BCUT2D eigenvalue weighted by molar-refractivity contribution is -0.159. The van der Waals surface area contributed by atoms with Crippen molar-refractivity contribution < 1.29 is 19.8 Å². The van der Waals surface area contributed by atoms with Crippen molar-refractivity contribution in [1.29, 1.82) is 0 Å². The largest absolute Gasteiger partial charge is 0.477 e. The number of aromatic nitrogens is 4. The number of rotatable bonds is 5. The second kappa shape index (κ2) is 5.89. The van der Waals surface area contributed by atoms with E-state index in [1.807, 2.05) is 6.92 Å². The molecule has 0 unspecified atom stereocenters. The highest BCUT2D eigenvalue weighted by atomic mass is 32.2. The van der Waals surface area contributed by atoms with E-state index >= 15 is 0 Å². The highest BCUT2D eigenvalue weighted by Crippen LogP contribution is 2.41. The number of aryl methyl sites for hydroxylation is 1. The molecule has 11 heteroatoms. The molecule has 118 valence electrons.